The molecule has 0 aliphatic heterocycles. The lowest BCUT2D eigenvalue weighted by Crippen LogP contribution is -2.51. The van der Waals surface area contributed by atoms with Gasteiger partial charge in [-0.05, 0) is 73.7 Å². The van der Waals surface area contributed by atoms with Crippen molar-refractivity contribution in [2.24, 2.45) is 0 Å². The van der Waals surface area contributed by atoms with Gasteiger partial charge in [-0.3, -0.25) is 13.9 Å². The van der Waals surface area contributed by atoms with E-state index in [9.17, 15) is 18.0 Å². The Labute approximate surface area is 220 Å². The highest BCUT2D eigenvalue weighted by Crippen LogP contribution is 2.27. The van der Waals surface area contributed by atoms with Crippen LogP contribution in [0.25, 0.3) is 0 Å². The van der Waals surface area contributed by atoms with Crippen molar-refractivity contribution in [1.29, 1.82) is 0 Å². The smallest absolute Gasteiger partial charge is 0.264 e. The lowest BCUT2D eigenvalue weighted by molar-refractivity contribution is -0.140. The minimum absolute atomic E-state index is 0.0878. The van der Waals surface area contributed by atoms with Crippen LogP contribution in [0.5, 0.6) is 0 Å². The lowest BCUT2D eigenvalue weighted by atomic mass is 10.1. The summed E-state index contributed by atoms with van der Waals surface area (Å²) in [5.74, 6) is -0.760. The number of carbonyl (C=O) groups is 2. The monoisotopic (exact) mass is 521 g/mol. The first-order valence-corrected chi connectivity index (χ1v) is 13.7. The van der Waals surface area contributed by atoms with Crippen molar-refractivity contribution >= 4 is 27.5 Å². The average molecular weight is 522 g/mol. The molecule has 0 radical (unpaired) electrons. The highest BCUT2D eigenvalue weighted by atomic mass is 32.2. The molecular weight excluding hydrogens is 486 g/mol. The van der Waals surface area contributed by atoms with Gasteiger partial charge in [-0.2, -0.15) is 0 Å². The third kappa shape index (κ3) is 6.38. The molecule has 3 aromatic carbocycles. The van der Waals surface area contributed by atoms with Crippen molar-refractivity contribution in [2.75, 3.05) is 17.9 Å². The second kappa shape index (κ2) is 12.1. The maximum Gasteiger partial charge on any atom is 0.264 e. The van der Waals surface area contributed by atoms with Crippen LogP contribution in [0, 0.1) is 20.8 Å². The van der Waals surface area contributed by atoms with Gasteiger partial charge < -0.3 is 10.2 Å². The molecule has 37 heavy (non-hydrogen) atoms. The summed E-state index contributed by atoms with van der Waals surface area (Å²) < 4.78 is 28.7. The largest absolute Gasteiger partial charge is 0.357 e. The summed E-state index contributed by atoms with van der Waals surface area (Å²) in [6, 6.07) is 20.3. The van der Waals surface area contributed by atoms with Crippen molar-refractivity contribution < 1.29 is 18.0 Å². The third-order valence-electron chi connectivity index (χ3n) is 6.62. The van der Waals surface area contributed by atoms with Gasteiger partial charge in [0.2, 0.25) is 11.8 Å². The minimum atomic E-state index is -4.07. The van der Waals surface area contributed by atoms with Crippen LogP contribution in [0.3, 0.4) is 0 Å². The van der Waals surface area contributed by atoms with Crippen molar-refractivity contribution in [1.82, 2.24) is 10.2 Å². The van der Waals surface area contributed by atoms with Gasteiger partial charge >= 0.3 is 0 Å². The number of carbonyl (C=O) groups excluding carboxylic acids is 2. The number of hydrogen-bond donors (Lipinski definition) is 1. The quantitative estimate of drug-likeness (QED) is 0.430. The second-order valence-electron chi connectivity index (χ2n) is 9.08. The molecule has 0 saturated carbocycles. The van der Waals surface area contributed by atoms with Crippen molar-refractivity contribution in [3.8, 4) is 0 Å². The number of amides is 2. The second-order valence-corrected chi connectivity index (χ2v) is 10.9. The van der Waals surface area contributed by atoms with E-state index in [4.69, 9.17) is 0 Å². The molecule has 0 aromatic heterocycles. The number of sulfonamides is 1. The van der Waals surface area contributed by atoms with Crippen LogP contribution in [-0.4, -0.2) is 44.8 Å². The summed E-state index contributed by atoms with van der Waals surface area (Å²) in [6.07, 6.45) is 0.381. The Balaban J connectivity index is 2.09. The van der Waals surface area contributed by atoms with Crippen molar-refractivity contribution in [3.63, 3.8) is 0 Å². The number of nitrogens with zero attached hydrogens (tertiary/aromatic N) is 2. The summed E-state index contributed by atoms with van der Waals surface area (Å²) in [4.78, 5) is 28.3. The van der Waals surface area contributed by atoms with E-state index in [-0.39, 0.29) is 17.3 Å². The Bertz CT molecular complexity index is 1360. The van der Waals surface area contributed by atoms with E-state index in [2.05, 4.69) is 5.32 Å². The lowest BCUT2D eigenvalue weighted by Gasteiger charge is -2.33. The van der Waals surface area contributed by atoms with Crippen LogP contribution in [0.2, 0.25) is 0 Å². The minimum Gasteiger partial charge on any atom is -0.357 e. The van der Waals surface area contributed by atoms with Gasteiger partial charge in [0.05, 0.1) is 10.6 Å². The number of aryl methyl sites for hydroxylation is 3. The highest BCUT2D eigenvalue weighted by molar-refractivity contribution is 7.92. The molecule has 7 nitrogen and oxygen atoms in total. The van der Waals surface area contributed by atoms with Crippen LogP contribution >= 0.6 is 0 Å². The molecule has 1 unspecified atom stereocenters. The molecule has 0 aliphatic carbocycles. The van der Waals surface area contributed by atoms with Gasteiger partial charge in [0.15, 0.2) is 0 Å². The van der Waals surface area contributed by atoms with E-state index >= 15 is 0 Å². The zero-order chi connectivity index (χ0) is 27.2. The van der Waals surface area contributed by atoms with Gasteiger partial charge in [0, 0.05) is 13.6 Å². The Kier molecular flexibility index (Phi) is 9.10. The standard InChI is InChI=1S/C29H35N3O4S/c1-6-27(29(34)30-5)31(19-24-13-11-10-12-22(24)3)28(33)20-32(25-17-16-21(2)23(4)18-25)37(35,36)26-14-8-7-9-15-26/h7-18,27H,6,19-20H2,1-5H3,(H,30,34). The number of hydrogen-bond acceptors (Lipinski definition) is 4. The first-order chi connectivity index (χ1) is 17.6. The van der Waals surface area contributed by atoms with E-state index in [0.717, 1.165) is 26.6 Å². The fourth-order valence-corrected chi connectivity index (χ4v) is 5.61. The molecular formula is C29H35N3O4S. The zero-order valence-corrected chi connectivity index (χ0v) is 22.9. The van der Waals surface area contributed by atoms with E-state index in [1.54, 1.807) is 30.3 Å². The predicted octanol–water partition coefficient (Wildman–Crippen LogP) is 4.36. The van der Waals surface area contributed by atoms with Crippen LogP contribution in [-0.2, 0) is 26.2 Å². The van der Waals surface area contributed by atoms with Gasteiger partial charge in [-0.1, -0.05) is 55.5 Å². The summed E-state index contributed by atoms with van der Waals surface area (Å²) >= 11 is 0. The van der Waals surface area contributed by atoms with E-state index in [0.29, 0.717) is 12.1 Å². The van der Waals surface area contributed by atoms with Gasteiger partial charge in [0.25, 0.3) is 10.0 Å². The molecule has 8 heteroatoms. The molecule has 0 aliphatic rings. The molecule has 0 saturated heterocycles. The normalized spacial score (nSPS) is 12.0. The molecule has 0 bridgehead atoms. The fraction of sp³-hybridized carbons (Fsp3) is 0.310. The molecule has 0 spiro atoms. The highest BCUT2D eigenvalue weighted by Gasteiger charge is 2.33. The van der Waals surface area contributed by atoms with Crippen LogP contribution < -0.4 is 9.62 Å². The van der Waals surface area contributed by atoms with Gasteiger partial charge in [0.1, 0.15) is 12.6 Å². The summed E-state index contributed by atoms with van der Waals surface area (Å²) in [7, 11) is -2.54. The first kappa shape index (κ1) is 27.9. The summed E-state index contributed by atoms with van der Waals surface area (Å²) in [5, 5.41) is 2.64. The maximum atomic E-state index is 13.9. The van der Waals surface area contributed by atoms with Gasteiger partial charge in [-0.15, -0.1) is 0 Å². The van der Waals surface area contributed by atoms with Crippen molar-refractivity contribution in [3.05, 3.63) is 95.1 Å². The number of anilines is 1. The van der Waals surface area contributed by atoms with Crippen molar-refractivity contribution in [2.45, 2.75) is 51.6 Å². The number of benzene rings is 3. The fourth-order valence-electron chi connectivity index (χ4n) is 4.19. The Morgan fingerprint density at radius 3 is 2.11 bits per heavy atom. The molecule has 3 rings (SSSR count). The number of rotatable bonds is 10. The molecule has 3 aromatic rings. The predicted molar refractivity (Wildman–Crippen MR) is 147 cm³/mol. The zero-order valence-electron chi connectivity index (χ0n) is 22.1. The van der Waals surface area contributed by atoms with E-state index in [1.165, 1.54) is 24.1 Å². The van der Waals surface area contributed by atoms with Gasteiger partial charge in [-0.25, -0.2) is 8.42 Å². The van der Waals surface area contributed by atoms with E-state index in [1.807, 2.05) is 58.0 Å². The third-order valence-corrected chi connectivity index (χ3v) is 8.41. The average Bonchev–Trinajstić information content (AvgIpc) is 2.90. The molecule has 196 valence electrons. The molecule has 0 heterocycles. The topological polar surface area (TPSA) is 86.8 Å². The molecule has 1 atom stereocenters. The first-order valence-electron chi connectivity index (χ1n) is 12.3. The molecule has 1 N–H and O–H groups in total. The van der Waals surface area contributed by atoms with Crippen LogP contribution in [0.4, 0.5) is 5.69 Å². The maximum absolute atomic E-state index is 13.9. The van der Waals surface area contributed by atoms with E-state index < -0.39 is 28.5 Å². The van der Waals surface area contributed by atoms with Crippen LogP contribution in [0.15, 0.2) is 77.7 Å². The SMILES string of the molecule is CCC(C(=O)NC)N(Cc1ccccc1C)C(=O)CN(c1ccc(C)c(C)c1)S(=O)(=O)c1ccccc1. The Morgan fingerprint density at radius 2 is 1.51 bits per heavy atom. The Hall–Kier alpha value is -3.65. The Morgan fingerprint density at radius 1 is 0.865 bits per heavy atom. The number of nitrogens with one attached hydrogen (secondary N) is 1. The molecule has 2 amide bonds. The van der Waals surface area contributed by atoms with Crippen LogP contribution in [0.1, 0.15) is 35.6 Å². The summed E-state index contributed by atoms with van der Waals surface area (Å²) in [6.45, 7) is 7.36. The molecule has 0 fully saturated rings. The summed E-state index contributed by atoms with van der Waals surface area (Å²) in [5.41, 5.74) is 4.19. The number of likely N-dealkylation sites (N-methyl/N-ethyl adjacent to an activating group) is 1.